The minimum atomic E-state index is -0.468. The first-order valence-corrected chi connectivity index (χ1v) is 10.7. The Morgan fingerprint density at radius 1 is 1.35 bits per heavy atom. The van der Waals surface area contributed by atoms with E-state index in [1.165, 1.54) is 12.4 Å². The van der Waals surface area contributed by atoms with Crippen LogP contribution in [0, 0.1) is 10.1 Å². The molecule has 1 aliphatic heterocycles. The van der Waals surface area contributed by atoms with E-state index in [0.717, 1.165) is 25.7 Å². The number of fused-ring (bicyclic) bond motifs is 1. The van der Waals surface area contributed by atoms with Gasteiger partial charge in [-0.2, -0.15) is 10.1 Å². The van der Waals surface area contributed by atoms with Gasteiger partial charge in [0.05, 0.1) is 28.6 Å². The molecule has 3 aromatic rings. The smallest absolute Gasteiger partial charge is 0.350 e. The number of aryl methyl sites for hydroxylation is 1. The summed E-state index contributed by atoms with van der Waals surface area (Å²) in [5.74, 6) is 0.0232. The van der Waals surface area contributed by atoms with Gasteiger partial charge in [0, 0.05) is 25.8 Å². The lowest BCUT2D eigenvalue weighted by Crippen LogP contribution is -2.29. The van der Waals surface area contributed by atoms with Crippen molar-refractivity contribution in [1.29, 1.82) is 0 Å². The Hall–Kier alpha value is -2.50. The minimum Gasteiger partial charge on any atom is -0.472 e. The number of halogens is 2. The summed E-state index contributed by atoms with van der Waals surface area (Å²) >= 11 is 12.0. The first-order chi connectivity index (χ1) is 14.9. The van der Waals surface area contributed by atoms with Gasteiger partial charge < -0.3 is 9.47 Å². The first-order valence-electron chi connectivity index (χ1n) is 9.99. The molecular formula is C18H19Cl2N7O4. The van der Waals surface area contributed by atoms with Gasteiger partial charge in [0.15, 0.2) is 10.8 Å². The van der Waals surface area contributed by atoms with Crippen LogP contribution in [0.1, 0.15) is 38.1 Å². The predicted molar refractivity (Wildman–Crippen MR) is 111 cm³/mol. The van der Waals surface area contributed by atoms with Crippen molar-refractivity contribution >= 4 is 39.9 Å². The van der Waals surface area contributed by atoms with Crippen LogP contribution in [0.5, 0.6) is 5.88 Å². The van der Waals surface area contributed by atoms with Crippen molar-refractivity contribution in [3.63, 3.8) is 0 Å². The Morgan fingerprint density at radius 3 is 2.97 bits per heavy atom. The van der Waals surface area contributed by atoms with Crippen LogP contribution in [-0.4, -0.2) is 53.3 Å². The molecule has 13 heteroatoms. The summed E-state index contributed by atoms with van der Waals surface area (Å²) in [6, 6.07) is 0.0781. The van der Waals surface area contributed by atoms with Crippen molar-refractivity contribution in [3.05, 3.63) is 32.9 Å². The zero-order valence-corrected chi connectivity index (χ0v) is 17.9. The summed E-state index contributed by atoms with van der Waals surface area (Å²) in [4.78, 5) is 19.1. The van der Waals surface area contributed by atoms with E-state index in [2.05, 4.69) is 20.2 Å². The van der Waals surface area contributed by atoms with E-state index in [1.54, 1.807) is 9.36 Å². The van der Waals surface area contributed by atoms with Crippen LogP contribution in [-0.2, 0) is 11.3 Å². The summed E-state index contributed by atoms with van der Waals surface area (Å²) in [5.41, 5.74) is 0.336. The molecule has 1 spiro atoms. The second-order valence-electron chi connectivity index (χ2n) is 7.83. The van der Waals surface area contributed by atoms with Crippen LogP contribution in [0.3, 0.4) is 0 Å². The molecule has 0 bridgehead atoms. The Balaban J connectivity index is 1.25. The molecule has 0 N–H and O–H groups in total. The van der Waals surface area contributed by atoms with Crippen molar-refractivity contribution in [1.82, 2.24) is 29.5 Å². The quantitative estimate of drug-likeness (QED) is 0.223. The molecule has 1 aliphatic carbocycles. The zero-order chi connectivity index (χ0) is 21.6. The number of nitrogens with zero attached hydrogens (tertiary/aromatic N) is 7. The third-order valence-corrected chi connectivity index (χ3v) is 6.15. The standard InChI is InChI=1S/C18H19Cl2N7O4/c19-14-12-9-21-17(20)22-15(12)25(23-14)5-1-6-30-16-13(27(28)29)10-26(24-16)11-2-7-31-18(8-11)3-4-18/h9-11H,1-8H2. The Labute approximate surface area is 186 Å². The lowest BCUT2D eigenvalue weighted by Gasteiger charge is -2.29. The van der Waals surface area contributed by atoms with Gasteiger partial charge in [-0.3, -0.25) is 14.8 Å². The molecule has 1 atom stereocenters. The Morgan fingerprint density at radius 2 is 2.19 bits per heavy atom. The fourth-order valence-corrected chi connectivity index (χ4v) is 4.29. The topological polar surface area (TPSA) is 123 Å². The molecule has 3 aromatic heterocycles. The number of ether oxygens (including phenoxy) is 2. The molecular weight excluding hydrogens is 449 g/mol. The number of hydrogen-bond acceptors (Lipinski definition) is 8. The van der Waals surface area contributed by atoms with Gasteiger partial charge in [0.25, 0.3) is 0 Å². The summed E-state index contributed by atoms with van der Waals surface area (Å²) in [5, 5.41) is 21.1. The van der Waals surface area contributed by atoms with Crippen molar-refractivity contribution in [2.75, 3.05) is 13.2 Å². The van der Waals surface area contributed by atoms with Gasteiger partial charge >= 0.3 is 11.6 Å². The number of nitro groups is 1. The molecule has 2 fully saturated rings. The van der Waals surface area contributed by atoms with E-state index >= 15 is 0 Å². The Bertz CT molecular complexity index is 1140. The highest BCUT2D eigenvalue weighted by molar-refractivity contribution is 6.34. The highest BCUT2D eigenvalue weighted by atomic mass is 35.5. The van der Waals surface area contributed by atoms with Crippen LogP contribution in [0.4, 0.5) is 5.69 Å². The fourth-order valence-electron chi connectivity index (χ4n) is 3.94. The highest BCUT2D eigenvalue weighted by Gasteiger charge is 2.48. The molecule has 0 radical (unpaired) electrons. The van der Waals surface area contributed by atoms with E-state index in [4.69, 9.17) is 32.7 Å². The zero-order valence-electron chi connectivity index (χ0n) is 16.4. The maximum Gasteiger partial charge on any atom is 0.350 e. The van der Waals surface area contributed by atoms with Crippen molar-refractivity contribution < 1.29 is 14.4 Å². The molecule has 11 nitrogen and oxygen atoms in total. The van der Waals surface area contributed by atoms with E-state index in [9.17, 15) is 10.1 Å². The van der Waals surface area contributed by atoms with Crippen molar-refractivity contribution in [2.45, 2.75) is 50.3 Å². The molecule has 0 aromatic carbocycles. The molecule has 4 heterocycles. The summed E-state index contributed by atoms with van der Waals surface area (Å²) in [6.07, 6.45) is 7.17. The van der Waals surface area contributed by atoms with Crippen LogP contribution in [0.25, 0.3) is 11.0 Å². The van der Waals surface area contributed by atoms with Gasteiger partial charge in [-0.15, -0.1) is 5.10 Å². The average molecular weight is 468 g/mol. The van der Waals surface area contributed by atoms with Gasteiger partial charge in [0.1, 0.15) is 6.20 Å². The average Bonchev–Trinajstić information content (AvgIpc) is 3.21. The van der Waals surface area contributed by atoms with Gasteiger partial charge in [-0.25, -0.2) is 9.67 Å². The number of rotatable bonds is 7. The fraction of sp³-hybridized carbons (Fsp3) is 0.556. The van der Waals surface area contributed by atoms with Crippen LogP contribution in [0.2, 0.25) is 10.4 Å². The van der Waals surface area contributed by atoms with Gasteiger partial charge in [-0.1, -0.05) is 11.6 Å². The molecule has 1 saturated carbocycles. The van der Waals surface area contributed by atoms with E-state index in [0.29, 0.717) is 30.6 Å². The molecule has 5 rings (SSSR count). The van der Waals surface area contributed by atoms with Crippen molar-refractivity contribution in [2.24, 2.45) is 0 Å². The number of aromatic nitrogens is 6. The maximum absolute atomic E-state index is 11.5. The molecule has 2 aliphatic rings. The monoisotopic (exact) mass is 467 g/mol. The third-order valence-electron chi connectivity index (χ3n) is 5.69. The first kappa shape index (κ1) is 20.4. The summed E-state index contributed by atoms with van der Waals surface area (Å²) in [6.45, 7) is 1.30. The molecule has 0 amide bonds. The van der Waals surface area contributed by atoms with Crippen LogP contribution < -0.4 is 4.74 Å². The van der Waals surface area contributed by atoms with Crippen LogP contribution in [0.15, 0.2) is 12.4 Å². The molecule has 31 heavy (non-hydrogen) atoms. The van der Waals surface area contributed by atoms with Crippen LogP contribution >= 0.6 is 23.2 Å². The molecule has 164 valence electrons. The second kappa shape index (κ2) is 7.88. The predicted octanol–water partition coefficient (Wildman–Crippen LogP) is 3.59. The van der Waals surface area contributed by atoms with Gasteiger partial charge in [-0.05, 0) is 37.3 Å². The Kier molecular flexibility index (Phi) is 5.19. The maximum atomic E-state index is 11.5. The van der Waals surface area contributed by atoms with Crippen molar-refractivity contribution in [3.8, 4) is 5.88 Å². The lowest BCUT2D eigenvalue weighted by atomic mass is 10.0. The van der Waals surface area contributed by atoms with Gasteiger partial charge in [0.2, 0.25) is 5.28 Å². The molecule has 1 unspecified atom stereocenters. The summed E-state index contributed by atoms with van der Waals surface area (Å²) in [7, 11) is 0. The largest absolute Gasteiger partial charge is 0.472 e. The van der Waals surface area contributed by atoms with E-state index in [1.807, 2.05) is 0 Å². The SMILES string of the molecule is O=[N+]([O-])c1cn(C2CCOC3(CC3)C2)nc1OCCCn1nc(Cl)c2cnc(Cl)nc21. The second-order valence-corrected chi connectivity index (χ2v) is 8.52. The molecule has 1 saturated heterocycles. The normalized spacial score (nSPS) is 19.7. The highest BCUT2D eigenvalue weighted by Crippen LogP contribution is 2.49. The van der Waals surface area contributed by atoms with E-state index in [-0.39, 0.29) is 40.3 Å². The minimum absolute atomic E-state index is 0.0232. The number of hydrogen-bond donors (Lipinski definition) is 0. The lowest BCUT2D eigenvalue weighted by molar-refractivity contribution is -0.386. The third kappa shape index (κ3) is 4.04. The van der Waals surface area contributed by atoms with E-state index < -0.39 is 4.92 Å². The summed E-state index contributed by atoms with van der Waals surface area (Å²) < 4.78 is 14.8.